The molecule has 4 heteroatoms. The maximum Gasteiger partial charge on any atom is 0.246 e. The summed E-state index contributed by atoms with van der Waals surface area (Å²) in [5.74, 6) is 0.361. The molecule has 0 unspecified atom stereocenters. The minimum Gasteiger partial charge on any atom is -0.489 e. The summed E-state index contributed by atoms with van der Waals surface area (Å²) in [6.07, 6.45) is 0. The number of amides is 1. The molecule has 0 saturated carbocycles. The average molecular weight is 285 g/mol. The second kappa shape index (κ2) is 7.45. The van der Waals surface area contributed by atoms with Gasteiger partial charge >= 0.3 is 0 Å². The summed E-state index contributed by atoms with van der Waals surface area (Å²) in [7, 11) is 0. The Morgan fingerprint density at radius 2 is 1.95 bits per heavy atom. The molecule has 0 radical (unpaired) electrons. The molecule has 2 aromatic carbocycles. The maximum absolute atomic E-state index is 11.2. The van der Waals surface area contributed by atoms with Gasteiger partial charge in [0.15, 0.2) is 0 Å². The van der Waals surface area contributed by atoms with Crippen LogP contribution >= 0.6 is 0 Å². The second-order valence-corrected chi connectivity index (χ2v) is 4.79. The molecular weight excluding hydrogens is 266 g/mol. The van der Waals surface area contributed by atoms with E-state index in [1.807, 2.05) is 61.5 Å². The molecule has 1 atom stereocenters. The standard InChI is InChI=1S/C17H19NO3/c1-13(18-17(20)11-19)15-8-5-9-16(10-15)21-12-14-6-3-2-4-7-14/h2-10,13,19H,11-12H2,1H3,(H,18,20)/t13-/m0/s1. The van der Waals surface area contributed by atoms with Gasteiger partial charge in [-0.25, -0.2) is 0 Å². The van der Waals surface area contributed by atoms with E-state index in [9.17, 15) is 4.79 Å². The number of carbonyl (C=O) groups excluding carboxylic acids is 1. The van der Waals surface area contributed by atoms with Crippen molar-refractivity contribution in [2.75, 3.05) is 6.61 Å². The fourth-order valence-electron chi connectivity index (χ4n) is 1.99. The van der Waals surface area contributed by atoms with E-state index >= 15 is 0 Å². The molecule has 2 N–H and O–H groups in total. The zero-order chi connectivity index (χ0) is 15.1. The van der Waals surface area contributed by atoms with Crippen molar-refractivity contribution in [2.45, 2.75) is 19.6 Å². The first-order valence-corrected chi connectivity index (χ1v) is 6.86. The molecule has 21 heavy (non-hydrogen) atoms. The molecule has 0 aliphatic heterocycles. The van der Waals surface area contributed by atoms with Crippen molar-refractivity contribution >= 4 is 5.91 Å². The molecule has 0 heterocycles. The molecule has 0 fully saturated rings. The topological polar surface area (TPSA) is 58.6 Å². The second-order valence-electron chi connectivity index (χ2n) is 4.79. The van der Waals surface area contributed by atoms with Crippen LogP contribution in [-0.2, 0) is 11.4 Å². The number of aliphatic hydroxyl groups excluding tert-OH is 1. The van der Waals surface area contributed by atoms with Gasteiger partial charge in [-0.05, 0) is 30.2 Å². The van der Waals surface area contributed by atoms with Crippen LogP contribution in [0.25, 0.3) is 0 Å². The van der Waals surface area contributed by atoms with Crippen molar-refractivity contribution in [3.05, 3.63) is 65.7 Å². The van der Waals surface area contributed by atoms with E-state index in [1.165, 1.54) is 0 Å². The van der Waals surface area contributed by atoms with Gasteiger partial charge in [0, 0.05) is 0 Å². The largest absolute Gasteiger partial charge is 0.489 e. The van der Waals surface area contributed by atoms with E-state index in [0.717, 1.165) is 16.9 Å². The van der Waals surface area contributed by atoms with E-state index < -0.39 is 12.5 Å². The Labute approximate surface area is 124 Å². The highest BCUT2D eigenvalue weighted by Crippen LogP contribution is 2.20. The predicted octanol–water partition coefficient (Wildman–Crippen LogP) is 2.44. The number of carbonyl (C=O) groups is 1. The lowest BCUT2D eigenvalue weighted by Gasteiger charge is -2.15. The third kappa shape index (κ3) is 4.61. The van der Waals surface area contributed by atoms with E-state index in [4.69, 9.17) is 9.84 Å². The highest BCUT2D eigenvalue weighted by molar-refractivity contribution is 5.77. The minimum absolute atomic E-state index is 0.176. The Bertz CT molecular complexity index is 584. The van der Waals surface area contributed by atoms with Crippen LogP contribution < -0.4 is 10.1 Å². The summed E-state index contributed by atoms with van der Waals surface area (Å²) < 4.78 is 5.75. The number of benzene rings is 2. The highest BCUT2D eigenvalue weighted by Gasteiger charge is 2.09. The van der Waals surface area contributed by atoms with Crippen LogP contribution in [0.15, 0.2) is 54.6 Å². The van der Waals surface area contributed by atoms with E-state index in [2.05, 4.69) is 5.32 Å². The molecular formula is C17H19NO3. The van der Waals surface area contributed by atoms with Gasteiger partial charge in [-0.15, -0.1) is 0 Å². The molecule has 0 bridgehead atoms. The molecule has 2 rings (SSSR count). The quantitative estimate of drug-likeness (QED) is 0.857. The number of rotatable bonds is 6. The van der Waals surface area contributed by atoms with Crippen LogP contribution in [0, 0.1) is 0 Å². The number of nitrogens with one attached hydrogen (secondary N) is 1. The first kappa shape index (κ1) is 15.1. The van der Waals surface area contributed by atoms with Gasteiger partial charge < -0.3 is 15.2 Å². The van der Waals surface area contributed by atoms with E-state index in [0.29, 0.717) is 6.61 Å². The Morgan fingerprint density at radius 1 is 1.19 bits per heavy atom. The first-order valence-electron chi connectivity index (χ1n) is 6.86. The monoisotopic (exact) mass is 285 g/mol. The van der Waals surface area contributed by atoms with Gasteiger partial charge in [-0.1, -0.05) is 42.5 Å². The highest BCUT2D eigenvalue weighted by atomic mass is 16.5. The SMILES string of the molecule is C[C@H](NC(=O)CO)c1cccc(OCc2ccccc2)c1. The van der Waals surface area contributed by atoms with Crippen molar-refractivity contribution in [1.82, 2.24) is 5.32 Å². The van der Waals surface area contributed by atoms with Crippen LogP contribution in [0.4, 0.5) is 0 Å². The molecule has 4 nitrogen and oxygen atoms in total. The molecule has 0 saturated heterocycles. The van der Waals surface area contributed by atoms with Gasteiger partial charge in [-0.2, -0.15) is 0 Å². The number of ether oxygens (including phenoxy) is 1. The Balaban J connectivity index is 1.99. The lowest BCUT2D eigenvalue weighted by atomic mass is 10.1. The van der Waals surface area contributed by atoms with Crippen molar-refractivity contribution in [1.29, 1.82) is 0 Å². The van der Waals surface area contributed by atoms with Gasteiger partial charge in [0.25, 0.3) is 0 Å². The molecule has 0 aliphatic carbocycles. The Hall–Kier alpha value is -2.33. The van der Waals surface area contributed by atoms with Gasteiger partial charge in [0.05, 0.1) is 6.04 Å². The third-order valence-electron chi connectivity index (χ3n) is 3.13. The first-order chi connectivity index (χ1) is 10.2. The minimum atomic E-state index is -0.505. The predicted molar refractivity (Wildman–Crippen MR) is 80.9 cm³/mol. The van der Waals surface area contributed by atoms with E-state index in [1.54, 1.807) is 0 Å². The fraction of sp³-hybridized carbons (Fsp3) is 0.235. The molecule has 110 valence electrons. The number of aliphatic hydroxyl groups is 1. The smallest absolute Gasteiger partial charge is 0.246 e. The maximum atomic E-state index is 11.2. The van der Waals surface area contributed by atoms with Gasteiger partial charge in [-0.3, -0.25) is 4.79 Å². The summed E-state index contributed by atoms with van der Waals surface area (Å²) in [4.78, 5) is 11.2. The van der Waals surface area contributed by atoms with Crippen molar-refractivity contribution in [2.24, 2.45) is 0 Å². The number of hydrogen-bond acceptors (Lipinski definition) is 3. The van der Waals surface area contributed by atoms with Crippen LogP contribution in [0.3, 0.4) is 0 Å². The summed E-state index contributed by atoms with van der Waals surface area (Å²) >= 11 is 0. The van der Waals surface area contributed by atoms with Crippen LogP contribution in [0.1, 0.15) is 24.1 Å². The normalized spacial score (nSPS) is 11.7. The molecule has 2 aromatic rings. The summed E-state index contributed by atoms with van der Waals surface area (Å²) in [5, 5.41) is 11.5. The molecule has 0 aromatic heterocycles. The molecule has 1 amide bonds. The Kier molecular flexibility index (Phi) is 5.35. The lowest BCUT2D eigenvalue weighted by molar-refractivity contribution is -0.124. The average Bonchev–Trinajstić information content (AvgIpc) is 2.54. The van der Waals surface area contributed by atoms with Crippen molar-refractivity contribution in [3.63, 3.8) is 0 Å². The zero-order valence-corrected chi connectivity index (χ0v) is 12.0. The van der Waals surface area contributed by atoms with Crippen LogP contribution in [-0.4, -0.2) is 17.6 Å². The van der Waals surface area contributed by atoms with E-state index in [-0.39, 0.29) is 6.04 Å². The molecule has 0 spiro atoms. The Morgan fingerprint density at radius 3 is 2.67 bits per heavy atom. The summed E-state index contributed by atoms with van der Waals surface area (Å²) in [6.45, 7) is 1.86. The van der Waals surface area contributed by atoms with Gasteiger partial charge in [0.2, 0.25) is 5.91 Å². The lowest BCUT2D eigenvalue weighted by Crippen LogP contribution is -2.28. The van der Waals surface area contributed by atoms with Gasteiger partial charge in [0.1, 0.15) is 19.0 Å². The zero-order valence-electron chi connectivity index (χ0n) is 12.0. The van der Waals surface area contributed by atoms with Crippen LogP contribution in [0.2, 0.25) is 0 Å². The fourth-order valence-corrected chi connectivity index (χ4v) is 1.99. The summed E-state index contributed by atoms with van der Waals surface area (Å²) in [5.41, 5.74) is 2.03. The van der Waals surface area contributed by atoms with Crippen molar-refractivity contribution < 1.29 is 14.6 Å². The van der Waals surface area contributed by atoms with Crippen LogP contribution in [0.5, 0.6) is 5.75 Å². The summed E-state index contributed by atoms with van der Waals surface area (Å²) in [6, 6.07) is 17.3. The number of hydrogen-bond donors (Lipinski definition) is 2. The van der Waals surface area contributed by atoms with Crippen molar-refractivity contribution in [3.8, 4) is 5.75 Å². The third-order valence-corrected chi connectivity index (χ3v) is 3.13. The molecule has 0 aliphatic rings.